The van der Waals surface area contributed by atoms with Gasteiger partial charge in [0.15, 0.2) is 0 Å². The highest BCUT2D eigenvalue weighted by molar-refractivity contribution is 5.93. The Labute approximate surface area is 326 Å². The number of para-hydroxylation sites is 1. The van der Waals surface area contributed by atoms with E-state index in [1.165, 1.54) is 61.2 Å². The van der Waals surface area contributed by atoms with Gasteiger partial charge in [0.2, 0.25) is 0 Å². The van der Waals surface area contributed by atoms with E-state index in [2.05, 4.69) is 220 Å². The highest BCUT2D eigenvalue weighted by Gasteiger charge is 2.47. The van der Waals surface area contributed by atoms with E-state index >= 15 is 0 Å². The van der Waals surface area contributed by atoms with E-state index < -0.39 is 5.41 Å². The van der Waals surface area contributed by atoms with Crippen molar-refractivity contribution in [1.82, 2.24) is 0 Å². The molecule has 0 heterocycles. The van der Waals surface area contributed by atoms with E-state index in [4.69, 9.17) is 6.58 Å². The van der Waals surface area contributed by atoms with Crippen LogP contribution in [0.3, 0.4) is 0 Å². The SMILES string of the molecule is C=C1/C=C\C=C/Cc2ccccc2C12c1ccccc1-c1ccc(N(c3ccc(-c4ccccc4)c(C(C)(C)C)c3)c3ccccc3-c3ccccc3)cc12. The predicted molar refractivity (Wildman–Crippen MR) is 234 cm³/mol. The number of hydrogen-bond donors (Lipinski definition) is 0. The molecule has 0 amide bonds. The Kier molecular flexibility index (Phi) is 8.59. The van der Waals surface area contributed by atoms with Crippen molar-refractivity contribution in [2.45, 2.75) is 38.0 Å². The minimum Gasteiger partial charge on any atom is -0.310 e. The molecular weight excluding hydrogens is 663 g/mol. The van der Waals surface area contributed by atoms with Crippen molar-refractivity contribution < 1.29 is 0 Å². The Bertz CT molecular complexity index is 2620. The second kappa shape index (κ2) is 13.8. The van der Waals surface area contributed by atoms with Crippen LogP contribution in [0.5, 0.6) is 0 Å². The first kappa shape index (κ1) is 34.3. The van der Waals surface area contributed by atoms with Crippen LogP contribution in [0.1, 0.15) is 48.6 Å². The molecule has 9 rings (SSSR count). The van der Waals surface area contributed by atoms with Crippen LogP contribution in [-0.4, -0.2) is 0 Å². The second-order valence-electron chi connectivity index (χ2n) is 15.8. The summed E-state index contributed by atoms with van der Waals surface area (Å²) in [5.41, 5.74) is 17.6. The molecule has 0 radical (unpaired) electrons. The van der Waals surface area contributed by atoms with Gasteiger partial charge in [-0.2, -0.15) is 0 Å². The number of rotatable bonds is 5. The van der Waals surface area contributed by atoms with Crippen LogP contribution in [0.2, 0.25) is 0 Å². The van der Waals surface area contributed by atoms with Crippen LogP contribution in [-0.2, 0) is 17.3 Å². The standard InChI is InChI=1S/C54H45N/c1-38-20-8-5-13-25-41-26-14-17-29-48(41)54(38)49-30-18-15-28-46(49)47-35-33-43(37-51(47)54)55(52-31-19-16-27-45(52)40-23-11-7-12-24-40)42-32-34-44(39-21-9-6-10-22-39)50(36-42)53(2,3)4/h5-24,26-37H,1,25H2,2-4H3/b13-5-,20-8-. The van der Waals surface area contributed by atoms with Gasteiger partial charge in [0.25, 0.3) is 0 Å². The first-order valence-corrected chi connectivity index (χ1v) is 19.4. The number of allylic oxidation sites excluding steroid dienone is 5. The van der Waals surface area contributed by atoms with E-state index in [1.54, 1.807) is 0 Å². The van der Waals surface area contributed by atoms with Crippen molar-refractivity contribution in [3.63, 3.8) is 0 Å². The first-order valence-electron chi connectivity index (χ1n) is 19.4. The molecule has 0 aliphatic heterocycles. The van der Waals surface area contributed by atoms with Crippen molar-refractivity contribution in [3.8, 4) is 33.4 Å². The van der Waals surface area contributed by atoms with Gasteiger partial charge < -0.3 is 4.90 Å². The molecule has 55 heavy (non-hydrogen) atoms. The third kappa shape index (κ3) is 5.79. The summed E-state index contributed by atoms with van der Waals surface area (Å²) in [7, 11) is 0. The van der Waals surface area contributed by atoms with E-state index in [9.17, 15) is 0 Å². The molecule has 2 aliphatic rings. The Hall–Kier alpha value is -6.44. The highest BCUT2D eigenvalue weighted by Crippen LogP contribution is 2.58. The van der Waals surface area contributed by atoms with Gasteiger partial charge in [-0.05, 0) is 103 Å². The molecule has 1 atom stereocenters. The fraction of sp³-hybridized carbons (Fsp3) is 0.111. The summed E-state index contributed by atoms with van der Waals surface area (Å²) < 4.78 is 0. The number of nitrogens with zero attached hydrogens (tertiary/aromatic N) is 1. The summed E-state index contributed by atoms with van der Waals surface area (Å²) in [6.45, 7) is 11.8. The molecule has 7 aromatic carbocycles. The Morgan fingerprint density at radius 3 is 1.80 bits per heavy atom. The van der Waals surface area contributed by atoms with Crippen molar-refractivity contribution in [2.24, 2.45) is 0 Å². The molecule has 0 bridgehead atoms. The minimum atomic E-state index is -0.570. The van der Waals surface area contributed by atoms with Crippen LogP contribution in [0.15, 0.2) is 206 Å². The number of anilines is 3. The van der Waals surface area contributed by atoms with Gasteiger partial charge >= 0.3 is 0 Å². The summed E-state index contributed by atoms with van der Waals surface area (Å²) in [4.78, 5) is 2.48. The Balaban J connectivity index is 1.34. The largest absolute Gasteiger partial charge is 0.310 e. The van der Waals surface area contributed by atoms with Crippen LogP contribution >= 0.6 is 0 Å². The molecule has 1 nitrogen and oxygen atoms in total. The zero-order valence-corrected chi connectivity index (χ0v) is 31.8. The van der Waals surface area contributed by atoms with Crippen LogP contribution in [0.25, 0.3) is 33.4 Å². The van der Waals surface area contributed by atoms with Crippen LogP contribution < -0.4 is 4.90 Å². The monoisotopic (exact) mass is 707 g/mol. The quantitative estimate of drug-likeness (QED) is 0.172. The highest BCUT2D eigenvalue weighted by atomic mass is 15.1. The lowest BCUT2D eigenvalue weighted by Gasteiger charge is -2.36. The molecule has 0 saturated heterocycles. The summed E-state index contributed by atoms with van der Waals surface area (Å²) in [6, 6.07) is 62.5. The molecule has 0 saturated carbocycles. The molecule has 1 unspecified atom stereocenters. The topological polar surface area (TPSA) is 3.24 Å². The lowest BCUT2D eigenvalue weighted by molar-refractivity contribution is 0.592. The third-order valence-corrected chi connectivity index (χ3v) is 11.5. The molecule has 2 aliphatic carbocycles. The van der Waals surface area contributed by atoms with Gasteiger partial charge in [0.1, 0.15) is 0 Å². The average Bonchev–Trinajstić information content (AvgIpc) is 3.54. The minimum absolute atomic E-state index is 0.103. The van der Waals surface area contributed by atoms with E-state index in [-0.39, 0.29) is 5.41 Å². The summed E-state index contributed by atoms with van der Waals surface area (Å²) in [6.07, 6.45) is 9.65. The molecule has 7 aromatic rings. The first-order chi connectivity index (χ1) is 26.9. The molecule has 266 valence electrons. The van der Waals surface area contributed by atoms with Crippen LogP contribution in [0.4, 0.5) is 17.1 Å². The van der Waals surface area contributed by atoms with E-state index in [0.717, 1.165) is 29.1 Å². The second-order valence-corrected chi connectivity index (χ2v) is 15.8. The lowest BCUT2D eigenvalue weighted by atomic mass is 9.66. The van der Waals surface area contributed by atoms with Gasteiger partial charge in [-0.15, -0.1) is 0 Å². The van der Waals surface area contributed by atoms with Gasteiger partial charge in [-0.1, -0.05) is 191 Å². The zero-order valence-electron chi connectivity index (χ0n) is 31.8. The van der Waals surface area contributed by atoms with Crippen molar-refractivity contribution >= 4 is 17.1 Å². The maximum absolute atomic E-state index is 4.88. The molecular formula is C54H45N. The lowest BCUT2D eigenvalue weighted by Crippen LogP contribution is -2.30. The van der Waals surface area contributed by atoms with E-state index in [0.29, 0.717) is 0 Å². The summed E-state index contributed by atoms with van der Waals surface area (Å²) in [5.74, 6) is 0. The fourth-order valence-corrected chi connectivity index (χ4v) is 8.97. The van der Waals surface area contributed by atoms with Crippen molar-refractivity contribution in [2.75, 3.05) is 4.90 Å². The maximum atomic E-state index is 4.88. The number of fused-ring (bicyclic) bond motifs is 7. The average molecular weight is 708 g/mol. The smallest absolute Gasteiger partial charge is 0.0711 e. The van der Waals surface area contributed by atoms with E-state index in [1.807, 2.05) is 0 Å². The fourth-order valence-electron chi connectivity index (χ4n) is 8.97. The molecule has 0 aromatic heterocycles. The van der Waals surface area contributed by atoms with Gasteiger partial charge in [-0.3, -0.25) is 0 Å². The predicted octanol–water partition coefficient (Wildman–Crippen LogP) is 14.3. The Morgan fingerprint density at radius 1 is 0.509 bits per heavy atom. The molecule has 1 heteroatoms. The van der Waals surface area contributed by atoms with Gasteiger partial charge in [-0.25, -0.2) is 0 Å². The summed E-state index contributed by atoms with van der Waals surface area (Å²) in [5, 5.41) is 0. The maximum Gasteiger partial charge on any atom is 0.0711 e. The Morgan fingerprint density at radius 2 is 1.07 bits per heavy atom. The van der Waals surface area contributed by atoms with Gasteiger partial charge in [0, 0.05) is 16.9 Å². The third-order valence-electron chi connectivity index (χ3n) is 11.5. The molecule has 0 N–H and O–H groups in total. The molecule has 0 fully saturated rings. The van der Waals surface area contributed by atoms with Gasteiger partial charge in [0.05, 0.1) is 11.1 Å². The normalized spacial score (nSPS) is 17.0. The van der Waals surface area contributed by atoms with Crippen molar-refractivity contribution in [1.29, 1.82) is 0 Å². The zero-order chi connectivity index (χ0) is 37.6. The number of hydrogen-bond acceptors (Lipinski definition) is 1. The van der Waals surface area contributed by atoms with Crippen LogP contribution in [0, 0.1) is 0 Å². The summed E-state index contributed by atoms with van der Waals surface area (Å²) >= 11 is 0. The number of benzene rings is 7. The van der Waals surface area contributed by atoms with Crippen molar-refractivity contribution in [3.05, 3.63) is 234 Å². The molecule has 1 spiro atoms.